The number of ether oxygens (including phenoxy) is 1. The van der Waals surface area contributed by atoms with Gasteiger partial charge in [0.05, 0.1) is 7.11 Å². The molecular formula is C18H19BrN2O4S. The van der Waals surface area contributed by atoms with Crippen molar-refractivity contribution in [3.63, 3.8) is 0 Å². The van der Waals surface area contributed by atoms with Crippen LogP contribution in [0, 0.1) is 0 Å². The van der Waals surface area contributed by atoms with Gasteiger partial charge in [-0.1, -0.05) is 15.9 Å². The minimum atomic E-state index is -3.69. The highest BCUT2D eigenvalue weighted by Gasteiger charge is 2.30. The molecule has 0 atom stereocenters. The van der Waals surface area contributed by atoms with Crippen LogP contribution in [0.1, 0.15) is 23.2 Å². The molecule has 3 rings (SSSR count). The molecule has 2 aromatic carbocycles. The molecular weight excluding hydrogens is 420 g/mol. The number of carbonyl (C=O) groups excluding carboxylic acids is 1. The van der Waals surface area contributed by atoms with Crippen molar-refractivity contribution >= 4 is 37.5 Å². The van der Waals surface area contributed by atoms with Gasteiger partial charge in [-0.3, -0.25) is 4.79 Å². The molecule has 0 unspecified atom stereocenters. The highest BCUT2D eigenvalue weighted by Crippen LogP contribution is 2.30. The molecule has 0 spiro atoms. The summed E-state index contributed by atoms with van der Waals surface area (Å²) in [4.78, 5) is 12.5. The first-order valence-electron chi connectivity index (χ1n) is 8.17. The molecule has 1 N–H and O–H groups in total. The van der Waals surface area contributed by atoms with Crippen molar-refractivity contribution in [1.29, 1.82) is 0 Å². The van der Waals surface area contributed by atoms with E-state index in [9.17, 15) is 13.2 Å². The number of hydrogen-bond acceptors (Lipinski definition) is 4. The summed E-state index contributed by atoms with van der Waals surface area (Å²) in [6.45, 7) is 0.974. The van der Waals surface area contributed by atoms with Crippen molar-refractivity contribution in [1.82, 2.24) is 4.31 Å². The maximum Gasteiger partial charge on any atom is 0.255 e. The normalized spacial score (nSPS) is 15.0. The largest absolute Gasteiger partial charge is 0.495 e. The van der Waals surface area contributed by atoms with Crippen LogP contribution >= 0.6 is 15.9 Å². The second-order valence-electron chi connectivity index (χ2n) is 5.94. The third-order valence-corrected chi connectivity index (χ3v) is 6.66. The van der Waals surface area contributed by atoms with Gasteiger partial charge in [-0.15, -0.1) is 0 Å². The van der Waals surface area contributed by atoms with Gasteiger partial charge in [0, 0.05) is 28.8 Å². The Hall–Kier alpha value is -1.90. The van der Waals surface area contributed by atoms with Crippen LogP contribution in [0.2, 0.25) is 0 Å². The Morgan fingerprint density at radius 1 is 1.12 bits per heavy atom. The van der Waals surface area contributed by atoms with E-state index in [1.165, 1.54) is 23.5 Å². The topological polar surface area (TPSA) is 75.7 Å². The van der Waals surface area contributed by atoms with E-state index in [1.54, 1.807) is 18.2 Å². The van der Waals surface area contributed by atoms with Crippen molar-refractivity contribution in [3.8, 4) is 5.75 Å². The van der Waals surface area contributed by atoms with E-state index in [4.69, 9.17) is 4.74 Å². The van der Waals surface area contributed by atoms with E-state index in [0.29, 0.717) is 18.8 Å². The highest BCUT2D eigenvalue weighted by molar-refractivity contribution is 9.10. The zero-order valence-corrected chi connectivity index (χ0v) is 16.6. The van der Waals surface area contributed by atoms with Gasteiger partial charge in [-0.2, -0.15) is 4.31 Å². The van der Waals surface area contributed by atoms with Crippen LogP contribution < -0.4 is 10.1 Å². The van der Waals surface area contributed by atoms with Crippen molar-refractivity contribution in [2.45, 2.75) is 17.7 Å². The first-order chi connectivity index (χ1) is 12.4. The van der Waals surface area contributed by atoms with Crippen LogP contribution in [0.5, 0.6) is 5.75 Å². The second kappa shape index (κ2) is 7.77. The Kier molecular flexibility index (Phi) is 5.64. The number of rotatable bonds is 5. The van der Waals surface area contributed by atoms with Crippen LogP contribution in [0.4, 0.5) is 5.69 Å². The zero-order chi connectivity index (χ0) is 18.7. The zero-order valence-electron chi connectivity index (χ0n) is 14.2. The Balaban J connectivity index is 1.91. The number of halogens is 1. The van der Waals surface area contributed by atoms with Crippen LogP contribution in [0.25, 0.3) is 0 Å². The number of hydrogen-bond donors (Lipinski definition) is 1. The summed E-state index contributed by atoms with van der Waals surface area (Å²) in [6.07, 6.45) is 1.68. The van der Waals surface area contributed by atoms with Crippen molar-refractivity contribution in [3.05, 3.63) is 52.5 Å². The lowest BCUT2D eigenvalue weighted by atomic mass is 10.2. The number of carbonyl (C=O) groups is 1. The summed E-state index contributed by atoms with van der Waals surface area (Å²) in [5, 5.41) is 2.76. The van der Waals surface area contributed by atoms with E-state index < -0.39 is 10.0 Å². The molecule has 1 aliphatic heterocycles. The predicted molar refractivity (Wildman–Crippen MR) is 103 cm³/mol. The first-order valence-corrected chi connectivity index (χ1v) is 10.4. The maximum absolute atomic E-state index is 12.9. The van der Waals surface area contributed by atoms with Crippen molar-refractivity contribution in [2.24, 2.45) is 0 Å². The van der Waals surface area contributed by atoms with Gasteiger partial charge in [0.2, 0.25) is 10.0 Å². The van der Waals surface area contributed by atoms with Crippen molar-refractivity contribution < 1.29 is 17.9 Å². The van der Waals surface area contributed by atoms with Crippen LogP contribution in [-0.4, -0.2) is 38.8 Å². The molecule has 138 valence electrons. The number of amides is 1. The molecule has 0 aliphatic carbocycles. The Morgan fingerprint density at radius 2 is 1.77 bits per heavy atom. The summed E-state index contributed by atoms with van der Waals surface area (Å²) >= 11 is 3.34. The molecule has 0 bridgehead atoms. The standard InChI is InChI=1S/C18H19BrN2O4S/c1-25-16-9-4-13(18(22)20-15-7-5-14(19)6-8-15)12-17(16)26(23,24)21-10-2-3-11-21/h4-9,12H,2-3,10-11H2,1H3,(H,20,22). The fourth-order valence-corrected chi connectivity index (χ4v) is 4.79. The van der Waals surface area contributed by atoms with E-state index in [2.05, 4.69) is 21.2 Å². The van der Waals surface area contributed by atoms with Gasteiger partial charge in [0.1, 0.15) is 10.6 Å². The van der Waals surface area contributed by atoms with Crippen molar-refractivity contribution in [2.75, 3.05) is 25.5 Å². The van der Waals surface area contributed by atoms with Gasteiger partial charge >= 0.3 is 0 Å². The van der Waals surface area contributed by atoms with Crippen LogP contribution in [-0.2, 0) is 10.0 Å². The molecule has 0 aromatic heterocycles. The molecule has 1 amide bonds. The minimum Gasteiger partial charge on any atom is -0.495 e. The lowest BCUT2D eigenvalue weighted by Crippen LogP contribution is -2.28. The van der Waals surface area contributed by atoms with Crippen LogP contribution in [0.3, 0.4) is 0 Å². The fourth-order valence-electron chi connectivity index (χ4n) is 2.82. The third-order valence-electron chi connectivity index (χ3n) is 4.21. The average Bonchev–Trinajstić information content (AvgIpc) is 3.18. The lowest BCUT2D eigenvalue weighted by Gasteiger charge is -2.18. The molecule has 2 aromatic rings. The number of benzene rings is 2. The van der Waals surface area contributed by atoms with Crippen LogP contribution in [0.15, 0.2) is 51.8 Å². The Labute approximate surface area is 161 Å². The fraction of sp³-hybridized carbons (Fsp3) is 0.278. The highest BCUT2D eigenvalue weighted by atomic mass is 79.9. The van der Waals surface area contributed by atoms with E-state index >= 15 is 0 Å². The molecule has 1 saturated heterocycles. The molecule has 6 nitrogen and oxygen atoms in total. The monoisotopic (exact) mass is 438 g/mol. The van der Waals surface area contributed by atoms with Gasteiger partial charge in [-0.05, 0) is 55.3 Å². The summed E-state index contributed by atoms with van der Waals surface area (Å²) in [6, 6.07) is 11.6. The second-order valence-corrected chi connectivity index (χ2v) is 8.76. The smallest absolute Gasteiger partial charge is 0.255 e. The SMILES string of the molecule is COc1ccc(C(=O)Nc2ccc(Br)cc2)cc1S(=O)(=O)N1CCCC1. The molecule has 1 aliphatic rings. The summed E-state index contributed by atoms with van der Waals surface area (Å²) in [5.74, 6) is -0.148. The Bertz CT molecular complexity index is 907. The van der Waals surface area contributed by atoms with Gasteiger partial charge in [0.25, 0.3) is 5.91 Å². The molecule has 0 radical (unpaired) electrons. The van der Waals surface area contributed by atoms with Gasteiger partial charge in [-0.25, -0.2) is 8.42 Å². The molecule has 8 heteroatoms. The third kappa shape index (κ3) is 3.92. The van der Waals surface area contributed by atoms with Gasteiger partial charge in [0.15, 0.2) is 0 Å². The maximum atomic E-state index is 12.9. The number of nitrogens with one attached hydrogen (secondary N) is 1. The molecule has 1 fully saturated rings. The van der Waals surface area contributed by atoms with E-state index in [0.717, 1.165) is 17.3 Å². The lowest BCUT2D eigenvalue weighted by molar-refractivity contribution is 0.102. The number of methoxy groups -OCH3 is 1. The average molecular weight is 439 g/mol. The van der Waals surface area contributed by atoms with E-state index in [1.807, 2.05) is 12.1 Å². The quantitative estimate of drug-likeness (QED) is 0.774. The summed E-state index contributed by atoms with van der Waals surface area (Å²) in [5.41, 5.74) is 0.879. The molecule has 1 heterocycles. The minimum absolute atomic E-state index is 0.0188. The van der Waals surface area contributed by atoms with E-state index in [-0.39, 0.29) is 22.1 Å². The summed E-state index contributed by atoms with van der Waals surface area (Å²) < 4.78 is 33.3. The first kappa shape index (κ1) is 18.9. The number of nitrogens with zero attached hydrogens (tertiary/aromatic N) is 1. The number of anilines is 1. The van der Waals surface area contributed by atoms with Gasteiger partial charge < -0.3 is 10.1 Å². The summed E-state index contributed by atoms with van der Waals surface area (Å²) in [7, 11) is -2.28. The predicted octanol–water partition coefficient (Wildman–Crippen LogP) is 3.49. The molecule has 0 saturated carbocycles. The molecule has 26 heavy (non-hydrogen) atoms. The Morgan fingerprint density at radius 3 is 2.38 bits per heavy atom. The number of sulfonamides is 1.